The molecule has 1 aliphatic heterocycles. The number of aromatic nitrogens is 1. The Labute approximate surface area is 174 Å². The second-order valence-electron chi connectivity index (χ2n) is 7.10. The fourth-order valence-electron chi connectivity index (χ4n) is 3.55. The molecular weight excluding hydrogens is 384 g/mol. The largest absolute Gasteiger partial charge is 0.494 e. The second kappa shape index (κ2) is 8.10. The van der Waals surface area contributed by atoms with Crippen LogP contribution in [0.15, 0.2) is 30.3 Å². The van der Waals surface area contributed by atoms with Crippen molar-refractivity contribution in [1.82, 2.24) is 4.98 Å². The van der Waals surface area contributed by atoms with Gasteiger partial charge in [-0.1, -0.05) is 6.92 Å². The summed E-state index contributed by atoms with van der Waals surface area (Å²) in [5.74, 6) is 2.37. The Balaban J connectivity index is 1.80. The summed E-state index contributed by atoms with van der Waals surface area (Å²) >= 11 is 0. The fourth-order valence-corrected chi connectivity index (χ4v) is 3.55. The third-order valence-electron chi connectivity index (χ3n) is 5.04. The smallest absolute Gasteiger partial charge is 0.231 e. The lowest BCUT2D eigenvalue weighted by molar-refractivity contribution is -0.116. The molecule has 1 N–H and O–H groups in total. The summed E-state index contributed by atoms with van der Waals surface area (Å²) < 4.78 is 22.0. The molecule has 0 fully saturated rings. The zero-order chi connectivity index (χ0) is 21.3. The van der Waals surface area contributed by atoms with Gasteiger partial charge in [-0.25, -0.2) is 4.98 Å². The third kappa shape index (κ3) is 3.58. The number of nitrogens with zero attached hydrogens (tertiary/aromatic N) is 1. The van der Waals surface area contributed by atoms with E-state index in [-0.39, 0.29) is 12.7 Å². The van der Waals surface area contributed by atoms with E-state index in [0.717, 1.165) is 34.1 Å². The highest BCUT2D eigenvalue weighted by molar-refractivity contribution is 5.97. The highest BCUT2D eigenvalue weighted by Crippen LogP contribution is 2.44. The summed E-state index contributed by atoms with van der Waals surface area (Å²) in [4.78, 5) is 16.9. The van der Waals surface area contributed by atoms with Gasteiger partial charge in [0, 0.05) is 23.4 Å². The minimum Gasteiger partial charge on any atom is -0.494 e. The molecule has 7 nitrogen and oxygen atoms in total. The molecule has 0 radical (unpaired) electrons. The molecule has 0 bridgehead atoms. The van der Waals surface area contributed by atoms with E-state index >= 15 is 0 Å². The molecule has 1 amide bonds. The first-order chi connectivity index (χ1) is 14.5. The van der Waals surface area contributed by atoms with Crippen LogP contribution in [0.2, 0.25) is 0 Å². The van der Waals surface area contributed by atoms with Gasteiger partial charge in [0.2, 0.25) is 18.4 Å². The minimum absolute atomic E-state index is 0.0372. The molecule has 0 atom stereocenters. The van der Waals surface area contributed by atoms with Crippen molar-refractivity contribution < 1.29 is 23.7 Å². The van der Waals surface area contributed by atoms with E-state index in [1.54, 1.807) is 14.2 Å². The van der Waals surface area contributed by atoms with Crippen molar-refractivity contribution >= 4 is 22.5 Å². The molecule has 4 rings (SSSR count). The van der Waals surface area contributed by atoms with Crippen LogP contribution in [0.5, 0.6) is 23.0 Å². The molecule has 0 aliphatic carbocycles. The van der Waals surface area contributed by atoms with Crippen LogP contribution in [0.1, 0.15) is 25.3 Å². The molecule has 1 aromatic heterocycles. The standard InChI is InChI=1S/C23H24N2O5/c1-5-6-22(26)25-18-10-15-13(2)7-16(24-17(15)11-19(18)27-3)14-8-20(28-4)23-21(9-14)29-12-30-23/h7-11H,5-6,12H2,1-4H3,(H,25,26). The Morgan fingerprint density at radius 1 is 1.10 bits per heavy atom. The number of methoxy groups -OCH3 is 2. The lowest BCUT2D eigenvalue weighted by atomic mass is 10.0. The monoisotopic (exact) mass is 408 g/mol. The van der Waals surface area contributed by atoms with E-state index in [4.69, 9.17) is 23.9 Å². The summed E-state index contributed by atoms with van der Waals surface area (Å²) in [6.07, 6.45) is 1.24. The topological polar surface area (TPSA) is 78.9 Å². The second-order valence-corrected chi connectivity index (χ2v) is 7.10. The number of carbonyl (C=O) groups excluding carboxylic acids is 1. The molecule has 0 saturated carbocycles. The van der Waals surface area contributed by atoms with Gasteiger partial charge in [0.05, 0.1) is 31.1 Å². The zero-order valence-electron chi connectivity index (χ0n) is 17.5. The molecular formula is C23H24N2O5. The first kappa shape index (κ1) is 19.8. The summed E-state index contributed by atoms with van der Waals surface area (Å²) in [6, 6.07) is 9.54. The molecule has 0 spiro atoms. The van der Waals surface area contributed by atoms with Gasteiger partial charge < -0.3 is 24.3 Å². The molecule has 0 saturated heterocycles. The average molecular weight is 408 g/mol. The van der Waals surface area contributed by atoms with Gasteiger partial charge in [0.1, 0.15) is 5.75 Å². The molecule has 0 unspecified atom stereocenters. The van der Waals surface area contributed by atoms with Gasteiger partial charge in [0.25, 0.3) is 0 Å². The number of aryl methyl sites for hydroxylation is 1. The van der Waals surface area contributed by atoms with E-state index in [9.17, 15) is 4.79 Å². The first-order valence-electron chi connectivity index (χ1n) is 9.81. The van der Waals surface area contributed by atoms with Crippen LogP contribution < -0.4 is 24.3 Å². The molecule has 1 aliphatic rings. The van der Waals surface area contributed by atoms with Crippen molar-refractivity contribution in [2.75, 3.05) is 26.3 Å². The van der Waals surface area contributed by atoms with Crippen molar-refractivity contribution in [3.05, 3.63) is 35.9 Å². The number of carbonyl (C=O) groups is 1. The number of rotatable bonds is 6. The number of hydrogen-bond acceptors (Lipinski definition) is 6. The van der Waals surface area contributed by atoms with E-state index in [0.29, 0.717) is 35.1 Å². The molecule has 30 heavy (non-hydrogen) atoms. The lowest BCUT2D eigenvalue weighted by Gasteiger charge is -2.14. The quantitative estimate of drug-likeness (QED) is 0.637. The molecule has 7 heteroatoms. The van der Waals surface area contributed by atoms with Gasteiger partial charge in [-0.05, 0) is 43.2 Å². The lowest BCUT2D eigenvalue weighted by Crippen LogP contribution is -2.11. The van der Waals surface area contributed by atoms with Crippen molar-refractivity contribution in [1.29, 1.82) is 0 Å². The number of fused-ring (bicyclic) bond motifs is 2. The SMILES string of the molecule is CCCC(=O)Nc1cc2c(C)cc(-c3cc(OC)c4c(c3)OCO4)nc2cc1OC. The summed E-state index contributed by atoms with van der Waals surface area (Å²) in [6.45, 7) is 4.16. The predicted octanol–water partition coefficient (Wildman–Crippen LogP) is 4.69. The van der Waals surface area contributed by atoms with Gasteiger partial charge in [-0.15, -0.1) is 0 Å². The van der Waals surface area contributed by atoms with Gasteiger partial charge in [-0.3, -0.25) is 4.79 Å². The van der Waals surface area contributed by atoms with Crippen LogP contribution in [0, 0.1) is 6.92 Å². The molecule has 3 aromatic rings. The van der Waals surface area contributed by atoms with E-state index < -0.39 is 0 Å². The molecule has 156 valence electrons. The van der Waals surface area contributed by atoms with Crippen LogP contribution in [-0.4, -0.2) is 31.9 Å². The normalized spacial score (nSPS) is 12.1. The minimum atomic E-state index is -0.0372. The Hall–Kier alpha value is -3.48. The van der Waals surface area contributed by atoms with Gasteiger partial charge >= 0.3 is 0 Å². The summed E-state index contributed by atoms with van der Waals surface area (Å²) in [7, 11) is 3.18. The Bertz CT molecular complexity index is 1130. The van der Waals surface area contributed by atoms with Crippen LogP contribution in [0.3, 0.4) is 0 Å². The number of benzene rings is 2. The van der Waals surface area contributed by atoms with Crippen molar-refractivity contribution in [3.63, 3.8) is 0 Å². The van der Waals surface area contributed by atoms with E-state index in [1.165, 1.54) is 0 Å². The summed E-state index contributed by atoms with van der Waals surface area (Å²) in [5, 5.41) is 3.88. The Morgan fingerprint density at radius 2 is 1.90 bits per heavy atom. The maximum atomic E-state index is 12.1. The Kier molecular flexibility index (Phi) is 5.35. The third-order valence-corrected chi connectivity index (χ3v) is 5.04. The first-order valence-corrected chi connectivity index (χ1v) is 9.81. The van der Waals surface area contributed by atoms with Gasteiger partial charge in [-0.2, -0.15) is 0 Å². The fraction of sp³-hybridized carbons (Fsp3) is 0.304. The van der Waals surface area contributed by atoms with Crippen LogP contribution in [0.4, 0.5) is 5.69 Å². The van der Waals surface area contributed by atoms with Crippen molar-refractivity contribution in [2.45, 2.75) is 26.7 Å². The van der Waals surface area contributed by atoms with Crippen LogP contribution in [-0.2, 0) is 4.79 Å². The average Bonchev–Trinajstić information content (AvgIpc) is 3.21. The maximum Gasteiger partial charge on any atom is 0.231 e. The number of anilines is 1. The number of hydrogen-bond donors (Lipinski definition) is 1. The van der Waals surface area contributed by atoms with Crippen molar-refractivity contribution in [2.24, 2.45) is 0 Å². The van der Waals surface area contributed by atoms with Crippen molar-refractivity contribution in [3.8, 4) is 34.3 Å². The predicted molar refractivity (Wildman–Crippen MR) is 115 cm³/mol. The van der Waals surface area contributed by atoms with Gasteiger partial charge in [0.15, 0.2) is 11.5 Å². The number of ether oxygens (including phenoxy) is 4. The van der Waals surface area contributed by atoms with Crippen LogP contribution in [0.25, 0.3) is 22.2 Å². The zero-order valence-corrected chi connectivity index (χ0v) is 17.5. The van der Waals surface area contributed by atoms with Crippen LogP contribution >= 0.6 is 0 Å². The van der Waals surface area contributed by atoms with E-state index in [2.05, 4.69) is 5.32 Å². The molecule has 2 heterocycles. The number of amides is 1. The highest BCUT2D eigenvalue weighted by atomic mass is 16.7. The summed E-state index contributed by atoms with van der Waals surface area (Å²) in [5.41, 5.74) is 4.08. The number of pyridine rings is 1. The maximum absolute atomic E-state index is 12.1. The van der Waals surface area contributed by atoms with E-state index in [1.807, 2.05) is 44.2 Å². The Morgan fingerprint density at radius 3 is 2.63 bits per heavy atom. The number of nitrogens with one attached hydrogen (secondary N) is 1. The highest BCUT2D eigenvalue weighted by Gasteiger charge is 2.21. The molecule has 2 aromatic carbocycles.